The van der Waals surface area contributed by atoms with Crippen molar-refractivity contribution in [3.8, 4) is 5.88 Å². The molecule has 1 amide bonds. The number of likely N-dealkylation sites (tertiary alicyclic amines) is 1. The summed E-state index contributed by atoms with van der Waals surface area (Å²) in [6.45, 7) is 3.08. The Morgan fingerprint density at radius 2 is 2.12 bits per heavy atom. The Balaban J connectivity index is 1.48. The van der Waals surface area contributed by atoms with Gasteiger partial charge in [0.1, 0.15) is 5.56 Å². The molecule has 5 nitrogen and oxygen atoms in total. The SMILES string of the molecule is COc1ncccc1C(=O)N[C@H]1CCCN(CCCc2ccccc2)C1. The Kier molecular flexibility index (Phi) is 6.61. The lowest BCUT2D eigenvalue weighted by Crippen LogP contribution is -2.48. The van der Waals surface area contributed by atoms with E-state index in [0.29, 0.717) is 11.4 Å². The van der Waals surface area contributed by atoms with Crippen LogP contribution in [-0.2, 0) is 6.42 Å². The second-order valence-corrected chi connectivity index (χ2v) is 6.76. The third-order valence-corrected chi connectivity index (χ3v) is 4.83. The molecule has 0 radical (unpaired) electrons. The van der Waals surface area contributed by atoms with E-state index in [1.165, 1.54) is 12.7 Å². The number of nitrogens with one attached hydrogen (secondary N) is 1. The van der Waals surface area contributed by atoms with Crippen molar-refractivity contribution in [1.29, 1.82) is 0 Å². The fourth-order valence-corrected chi connectivity index (χ4v) is 3.52. The summed E-state index contributed by atoms with van der Waals surface area (Å²) in [7, 11) is 1.54. The first-order valence-electron chi connectivity index (χ1n) is 9.32. The summed E-state index contributed by atoms with van der Waals surface area (Å²) < 4.78 is 5.19. The smallest absolute Gasteiger partial charge is 0.257 e. The van der Waals surface area contributed by atoms with Crippen LogP contribution >= 0.6 is 0 Å². The Morgan fingerprint density at radius 1 is 1.27 bits per heavy atom. The van der Waals surface area contributed by atoms with Crippen molar-refractivity contribution >= 4 is 5.91 Å². The molecule has 3 rings (SSSR count). The van der Waals surface area contributed by atoms with E-state index in [9.17, 15) is 4.79 Å². The molecule has 1 aromatic heterocycles. The molecule has 1 N–H and O–H groups in total. The van der Waals surface area contributed by atoms with E-state index in [1.54, 1.807) is 18.3 Å². The molecule has 1 aromatic carbocycles. The molecule has 5 heteroatoms. The first kappa shape index (κ1) is 18.4. The van der Waals surface area contributed by atoms with E-state index in [4.69, 9.17) is 4.74 Å². The van der Waals surface area contributed by atoms with Crippen molar-refractivity contribution in [3.63, 3.8) is 0 Å². The number of carbonyl (C=O) groups excluding carboxylic acids is 1. The molecule has 1 atom stereocenters. The molecule has 2 aromatic rings. The van der Waals surface area contributed by atoms with E-state index in [-0.39, 0.29) is 11.9 Å². The van der Waals surface area contributed by atoms with Crippen LogP contribution in [0.1, 0.15) is 35.2 Å². The van der Waals surface area contributed by atoms with E-state index < -0.39 is 0 Å². The van der Waals surface area contributed by atoms with Gasteiger partial charge in [0.2, 0.25) is 5.88 Å². The Morgan fingerprint density at radius 3 is 2.92 bits per heavy atom. The topological polar surface area (TPSA) is 54.5 Å². The molecular weight excluding hydrogens is 326 g/mol. The maximum absolute atomic E-state index is 12.5. The van der Waals surface area contributed by atoms with Crippen molar-refractivity contribution in [2.24, 2.45) is 0 Å². The summed E-state index contributed by atoms with van der Waals surface area (Å²) in [6, 6.07) is 14.3. The van der Waals surface area contributed by atoms with Gasteiger partial charge < -0.3 is 15.0 Å². The van der Waals surface area contributed by atoms with Crippen LogP contribution in [0.25, 0.3) is 0 Å². The first-order chi connectivity index (χ1) is 12.8. The predicted octanol–water partition coefficient (Wildman–Crippen LogP) is 2.92. The molecule has 0 unspecified atom stereocenters. The molecule has 2 heterocycles. The normalized spacial score (nSPS) is 17.7. The molecular formula is C21H27N3O2. The van der Waals surface area contributed by atoms with Gasteiger partial charge in [-0.1, -0.05) is 30.3 Å². The van der Waals surface area contributed by atoms with E-state index >= 15 is 0 Å². The molecule has 0 bridgehead atoms. The van der Waals surface area contributed by atoms with E-state index in [0.717, 1.165) is 45.3 Å². The lowest BCUT2D eigenvalue weighted by Gasteiger charge is -2.33. The van der Waals surface area contributed by atoms with Crippen LogP contribution in [0.3, 0.4) is 0 Å². The van der Waals surface area contributed by atoms with Crippen molar-refractivity contribution < 1.29 is 9.53 Å². The van der Waals surface area contributed by atoms with Gasteiger partial charge in [0, 0.05) is 18.8 Å². The molecule has 0 saturated carbocycles. The Hall–Kier alpha value is -2.40. The molecule has 1 saturated heterocycles. The number of pyridine rings is 1. The number of carbonyl (C=O) groups is 1. The number of piperidine rings is 1. The van der Waals surface area contributed by atoms with Crippen LogP contribution < -0.4 is 10.1 Å². The average molecular weight is 353 g/mol. The number of methoxy groups -OCH3 is 1. The number of nitrogens with zero attached hydrogens (tertiary/aromatic N) is 2. The van der Waals surface area contributed by atoms with Crippen LogP contribution in [-0.4, -0.2) is 48.6 Å². The standard InChI is InChI=1S/C21H27N3O2/c1-26-21-19(12-5-13-22-21)20(25)23-18-11-7-15-24(16-18)14-6-10-17-8-3-2-4-9-17/h2-5,8-9,12-13,18H,6-7,10-11,14-16H2,1H3,(H,23,25)/t18-/m0/s1. The summed E-state index contributed by atoms with van der Waals surface area (Å²) in [5, 5.41) is 3.15. The van der Waals surface area contributed by atoms with Crippen LogP contribution in [0.15, 0.2) is 48.7 Å². The van der Waals surface area contributed by atoms with Crippen LogP contribution in [0.5, 0.6) is 5.88 Å². The predicted molar refractivity (Wildman–Crippen MR) is 102 cm³/mol. The highest BCUT2D eigenvalue weighted by Gasteiger charge is 2.23. The minimum Gasteiger partial charge on any atom is -0.480 e. The zero-order chi connectivity index (χ0) is 18.2. The number of hydrogen-bond donors (Lipinski definition) is 1. The lowest BCUT2D eigenvalue weighted by molar-refractivity contribution is 0.0899. The van der Waals surface area contributed by atoms with Gasteiger partial charge in [0.25, 0.3) is 5.91 Å². The zero-order valence-corrected chi connectivity index (χ0v) is 15.4. The van der Waals surface area contributed by atoms with Gasteiger partial charge >= 0.3 is 0 Å². The lowest BCUT2D eigenvalue weighted by atomic mass is 10.0. The van der Waals surface area contributed by atoms with Gasteiger partial charge in [0.15, 0.2) is 0 Å². The van der Waals surface area contributed by atoms with Crippen molar-refractivity contribution in [3.05, 3.63) is 59.8 Å². The third-order valence-electron chi connectivity index (χ3n) is 4.83. The summed E-state index contributed by atoms with van der Waals surface area (Å²) in [5.41, 5.74) is 1.88. The fraction of sp³-hybridized carbons (Fsp3) is 0.429. The quantitative estimate of drug-likeness (QED) is 0.832. The number of ether oxygens (including phenoxy) is 1. The third kappa shape index (κ3) is 5.05. The van der Waals surface area contributed by atoms with Gasteiger partial charge in [-0.3, -0.25) is 4.79 Å². The number of hydrogen-bond acceptors (Lipinski definition) is 4. The summed E-state index contributed by atoms with van der Waals surface area (Å²) >= 11 is 0. The Labute approximate surface area is 155 Å². The average Bonchev–Trinajstić information content (AvgIpc) is 2.69. The van der Waals surface area contributed by atoms with Gasteiger partial charge in [0.05, 0.1) is 7.11 Å². The fourth-order valence-electron chi connectivity index (χ4n) is 3.52. The van der Waals surface area contributed by atoms with Crippen molar-refractivity contribution in [2.45, 2.75) is 31.7 Å². The maximum Gasteiger partial charge on any atom is 0.257 e. The maximum atomic E-state index is 12.5. The van der Waals surface area contributed by atoms with Crippen LogP contribution in [0.2, 0.25) is 0 Å². The highest BCUT2D eigenvalue weighted by atomic mass is 16.5. The van der Waals surface area contributed by atoms with Crippen molar-refractivity contribution in [1.82, 2.24) is 15.2 Å². The minimum atomic E-state index is -0.105. The molecule has 0 spiro atoms. The van der Waals surface area contributed by atoms with Gasteiger partial charge in [-0.05, 0) is 56.5 Å². The van der Waals surface area contributed by atoms with Crippen LogP contribution in [0, 0.1) is 0 Å². The number of aromatic nitrogens is 1. The summed E-state index contributed by atoms with van der Waals surface area (Å²) in [4.78, 5) is 19.1. The second kappa shape index (κ2) is 9.34. The number of rotatable bonds is 7. The molecule has 26 heavy (non-hydrogen) atoms. The van der Waals surface area contributed by atoms with Gasteiger partial charge in [-0.2, -0.15) is 0 Å². The van der Waals surface area contributed by atoms with Crippen molar-refractivity contribution in [2.75, 3.05) is 26.7 Å². The van der Waals surface area contributed by atoms with E-state index in [2.05, 4.69) is 45.5 Å². The number of amides is 1. The molecule has 1 aliphatic rings. The number of benzene rings is 1. The first-order valence-corrected chi connectivity index (χ1v) is 9.32. The highest BCUT2D eigenvalue weighted by Crippen LogP contribution is 2.16. The molecule has 1 aliphatic heterocycles. The number of aryl methyl sites for hydroxylation is 1. The molecule has 1 fully saturated rings. The van der Waals surface area contributed by atoms with Crippen LogP contribution in [0.4, 0.5) is 0 Å². The zero-order valence-electron chi connectivity index (χ0n) is 15.4. The highest BCUT2D eigenvalue weighted by molar-refractivity contribution is 5.96. The van der Waals surface area contributed by atoms with Gasteiger partial charge in [-0.25, -0.2) is 4.98 Å². The largest absolute Gasteiger partial charge is 0.480 e. The van der Waals surface area contributed by atoms with E-state index in [1.807, 2.05) is 0 Å². The minimum absolute atomic E-state index is 0.105. The summed E-state index contributed by atoms with van der Waals surface area (Å²) in [5.74, 6) is 0.270. The molecule has 0 aliphatic carbocycles. The summed E-state index contributed by atoms with van der Waals surface area (Å²) in [6.07, 6.45) is 6.00. The Bertz CT molecular complexity index is 705. The molecule has 138 valence electrons. The monoisotopic (exact) mass is 353 g/mol. The second-order valence-electron chi connectivity index (χ2n) is 6.76. The van der Waals surface area contributed by atoms with Gasteiger partial charge in [-0.15, -0.1) is 0 Å².